The van der Waals surface area contributed by atoms with Crippen LogP contribution in [-0.2, 0) is 0 Å². The molecule has 4 rings (SSSR count). The van der Waals surface area contributed by atoms with E-state index in [9.17, 15) is 4.79 Å². The van der Waals surface area contributed by atoms with Crippen LogP contribution in [0.2, 0.25) is 0 Å². The first-order chi connectivity index (χ1) is 8.79. The van der Waals surface area contributed by atoms with Crippen molar-refractivity contribution in [3.05, 3.63) is 28.9 Å². The van der Waals surface area contributed by atoms with Crippen molar-refractivity contribution in [2.24, 2.45) is 0 Å². The van der Waals surface area contributed by atoms with E-state index in [0.29, 0.717) is 28.1 Å². The van der Waals surface area contributed by atoms with Crippen molar-refractivity contribution in [2.75, 3.05) is 0 Å². The smallest absolute Gasteiger partial charge is 0.408 e. The number of benzene rings is 1. The molecule has 0 bridgehead atoms. The van der Waals surface area contributed by atoms with Gasteiger partial charge >= 0.3 is 5.76 Å². The van der Waals surface area contributed by atoms with E-state index in [1.165, 1.54) is 0 Å². The number of fused-ring (bicyclic) bond motifs is 2. The molecule has 0 aliphatic heterocycles. The SMILES string of the molecule is O=c1[nH]c2cc3[nH]c(-c4cnsn4)nc3cc2o1. The predicted octanol–water partition coefficient (Wildman–Crippen LogP) is 1.52. The molecule has 18 heavy (non-hydrogen) atoms. The number of oxazole rings is 1. The molecule has 3 heterocycles. The van der Waals surface area contributed by atoms with Gasteiger partial charge in [-0.1, -0.05) is 0 Å². The molecule has 7 nitrogen and oxygen atoms in total. The lowest BCUT2D eigenvalue weighted by Crippen LogP contribution is -1.92. The third-order valence-corrected chi connectivity index (χ3v) is 3.10. The summed E-state index contributed by atoms with van der Waals surface area (Å²) in [7, 11) is 0. The molecule has 0 amide bonds. The Labute approximate surface area is 103 Å². The van der Waals surface area contributed by atoms with Gasteiger partial charge in [0.2, 0.25) is 0 Å². The number of aromatic amines is 2. The molecule has 2 N–H and O–H groups in total. The van der Waals surface area contributed by atoms with E-state index in [4.69, 9.17) is 4.42 Å². The Morgan fingerprint density at radius 1 is 1.22 bits per heavy atom. The van der Waals surface area contributed by atoms with Gasteiger partial charge in [-0.2, -0.15) is 8.75 Å². The van der Waals surface area contributed by atoms with E-state index in [1.807, 2.05) is 0 Å². The lowest BCUT2D eigenvalue weighted by molar-refractivity contribution is 0.555. The van der Waals surface area contributed by atoms with Crippen LogP contribution in [0.3, 0.4) is 0 Å². The van der Waals surface area contributed by atoms with Gasteiger partial charge in [0.25, 0.3) is 0 Å². The molecule has 1 aromatic carbocycles. The Morgan fingerprint density at radius 2 is 2.17 bits per heavy atom. The number of hydrogen-bond donors (Lipinski definition) is 2. The summed E-state index contributed by atoms with van der Waals surface area (Å²) in [5.74, 6) is 0.176. The van der Waals surface area contributed by atoms with Crippen LogP contribution in [0.1, 0.15) is 0 Å². The van der Waals surface area contributed by atoms with E-state index in [2.05, 4.69) is 23.7 Å². The van der Waals surface area contributed by atoms with Gasteiger partial charge in [0.1, 0.15) is 5.69 Å². The van der Waals surface area contributed by atoms with Gasteiger partial charge < -0.3 is 9.40 Å². The molecule has 0 spiro atoms. The number of nitrogens with zero attached hydrogens (tertiary/aromatic N) is 3. The fourth-order valence-corrected chi connectivity index (χ4v) is 2.26. The topological polar surface area (TPSA) is 100 Å². The third kappa shape index (κ3) is 1.29. The number of imidazole rings is 1. The van der Waals surface area contributed by atoms with E-state index in [1.54, 1.807) is 18.3 Å². The average molecular weight is 259 g/mol. The third-order valence-electron chi connectivity index (χ3n) is 2.63. The summed E-state index contributed by atoms with van der Waals surface area (Å²) in [5, 5.41) is 0. The maximum atomic E-state index is 11.1. The Hall–Kier alpha value is -2.48. The minimum absolute atomic E-state index is 0.471. The second kappa shape index (κ2) is 3.26. The number of aromatic nitrogens is 5. The first-order valence-corrected chi connectivity index (χ1v) is 5.83. The van der Waals surface area contributed by atoms with Crippen LogP contribution in [0.25, 0.3) is 33.7 Å². The van der Waals surface area contributed by atoms with Gasteiger partial charge in [0, 0.05) is 6.07 Å². The first-order valence-electron chi connectivity index (χ1n) is 5.10. The summed E-state index contributed by atoms with van der Waals surface area (Å²) >= 11 is 1.12. The zero-order valence-electron chi connectivity index (χ0n) is 8.80. The molecule has 88 valence electrons. The van der Waals surface area contributed by atoms with Crippen LogP contribution in [0.15, 0.2) is 27.5 Å². The van der Waals surface area contributed by atoms with Gasteiger partial charge in [0.15, 0.2) is 11.4 Å². The molecule has 0 atom stereocenters. The van der Waals surface area contributed by atoms with Crippen LogP contribution in [-0.4, -0.2) is 23.7 Å². The fourth-order valence-electron chi connectivity index (χ4n) is 1.85. The standard InChI is InChI=1S/C10H5N5O2S/c16-10-14-6-1-4-5(2-8(6)17-10)13-9(12-4)7-3-11-18-15-7/h1-3H,(H,12,13)(H,14,16). The van der Waals surface area contributed by atoms with Crippen LogP contribution in [0, 0.1) is 0 Å². The van der Waals surface area contributed by atoms with Gasteiger partial charge in [-0.25, -0.2) is 9.78 Å². The van der Waals surface area contributed by atoms with E-state index >= 15 is 0 Å². The van der Waals surface area contributed by atoms with Crippen molar-refractivity contribution < 1.29 is 4.42 Å². The molecule has 0 radical (unpaired) electrons. The molecule has 3 aromatic heterocycles. The second-order valence-corrected chi connectivity index (χ2v) is 4.31. The van der Waals surface area contributed by atoms with Crippen LogP contribution in [0.4, 0.5) is 0 Å². The lowest BCUT2D eigenvalue weighted by Gasteiger charge is -1.86. The van der Waals surface area contributed by atoms with Crippen molar-refractivity contribution in [3.63, 3.8) is 0 Å². The molecule has 8 heteroatoms. The molecule has 0 fully saturated rings. The summed E-state index contributed by atoms with van der Waals surface area (Å²) < 4.78 is 13.0. The molecule has 0 aliphatic carbocycles. The Bertz CT molecular complexity index is 847. The second-order valence-electron chi connectivity index (χ2n) is 3.76. The summed E-state index contributed by atoms with van der Waals surface area (Å²) in [4.78, 5) is 21.2. The highest BCUT2D eigenvalue weighted by Crippen LogP contribution is 2.22. The van der Waals surface area contributed by atoms with Gasteiger partial charge in [0.05, 0.1) is 34.5 Å². The molecule has 0 saturated heterocycles. The van der Waals surface area contributed by atoms with Crippen LogP contribution < -0.4 is 5.76 Å². The van der Waals surface area contributed by atoms with Crippen molar-refractivity contribution in [3.8, 4) is 11.5 Å². The van der Waals surface area contributed by atoms with Crippen LogP contribution in [0.5, 0.6) is 0 Å². The van der Waals surface area contributed by atoms with Gasteiger partial charge in [-0.05, 0) is 6.07 Å². The molecule has 0 saturated carbocycles. The zero-order chi connectivity index (χ0) is 12.1. The summed E-state index contributed by atoms with van der Waals surface area (Å²) in [5.41, 5.74) is 3.35. The largest absolute Gasteiger partial charge is 0.417 e. The van der Waals surface area contributed by atoms with Crippen molar-refractivity contribution in [1.29, 1.82) is 0 Å². The fraction of sp³-hybridized carbons (Fsp3) is 0. The zero-order valence-corrected chi connectivity index (χ0v) is 9.61. The highest BCUT2D eigenvalue weighted by molar-refractivity contribution is 6.99. The molecule has 4 aromatic rings. The first kappa shape index (κ1) is 9.54. The summed E-state index contributed by atoms with van der Waals surface area (Å²) in [6, 6.07) is 3.49. The van der Waals surface area contributed by atoms with Crippen molar-refractivity contribution in [1.82, 2.24) is 23.7 Å². The minimum atomic E-state index is -0.471. The quantitative estimate of drug-likeness (QED) is 0.539. The van der Waals surface area contributed by atoms with E-state index < -0.39 is 5.76 Å². The number of hydrogen-bond acceptors (Lipinski definition) is 6. The van der Waals surface area contributed by atoms with Gasteiger partial charge in [-0.15, -0.1) is 0 Å². The average Bonchev–Trinajstić information content (AvgIpc) is 3.02. The maximum absolute atomic E-state index is 11.1. The van der Waals surface area contributed by atoms with E-state index in [0.717, 1.165) is 17.2 Å². The van der Waals surface area contributed by atoms with Crippen molar-refractivity contribution in [2.45, 2.75) is 0 Å². The highest BCUT2D eigenvalue weighted by atomic mass is 32.1. The Balaban J connectivity index is 2.03. The van der Waals surface area contributed by atoms with Crippen LogP contribution >= 0.6 is 11.7 Å². The number of rotatable bonds is 1. The number of nitrogens with one attached hydrogen (secondary N) is 2. The molecular formula is C10H5N5O2S. The summed E-state index contributed by atoms with van der Waals surface area (Å²) in [6.45, 7) is 0. The monoisotopic (exact) mass is 259 g/mol. The minimum Gasteiger partial charge on any atom is -0.408 e. The molecule has 0 unspecified atom stereocenters. The molecular weight excluding hydrogens is 254 g/mol. The van der Waals surface area contributed by atoms with Gasteiger partial charge in [-0.3, -0.25) is 4.98 Å². The lowest BCUT2D eigenvalue weighted by atomic mass is 10.3. The Morgan fingerprint density at radius 3 is 3.00 bits per heavy atom. The normalized spacial score (nSPS) is 11.6. The molecule has 0 aliphatic rings. The predicted molar refractivity (Wildman–Crippen MR) is 65.4 cm³/mol. The Kier molecular flexibility index (Phi) is 1.73. The summed E-state index contributed by atoms with van der Waals surface area (Å²) in [6.07, 6.45) is 1.65. The van der Waals surface area contributed by atoms with E-state index in [-0.39, 0.29) is 0 Å². The van der Waals surface area contributed by atoms with Crippen molar-refractivity contribution >= 4 is 33.9 Å². The maximum Gasteiger partial charge on any atom is 0.417 e. The highest BCUT2D eigenvalue weighted by Gasteiger charge is 2.10. The number of H-pyrrole nitrogens is 2.